The molecule has 1 aliphatic heterocycles. The Hall–Kier alpha value is -0.870. The molecule has 1 atom stereocenters. The standard InChI is InChI=1S/C11H16O4/c1-8-7-14-11(15-8)4-2-9(3-5-11)6-10(12)13/h6,8H,2-5,7H2,1H3,(H,12,13). The first kappa shape index (κ1) is 10.6. The van der Waals surface area contributed by atoms with Crippen molar-refractivity contribution in [2.45, 2.75) is 44.5 Å². The summed E-state index contributed by atoms with van der Waals surface area (Å²) >= 11 is 0. The Kier molecular flexibility index (Phi) is 2.80. The lowest BCUT2D eigenvalue weighted by Crippen LogP contribution is -2.33. The van der Waals surface area contributed by atoms with Crippen LogP contribution in [-0.4, -0.2) is 29.6 Å². The van der Waals surface area contributed by atoms with E-state index in [9.17, 15) is 4.79 Å². The van der Waals surface area contributed by atoms with Gasteiger partial charge in [-0.3, -0.25) is 0 Å². The van der Waals surface area contributed by atoms with Gasteiger partial charge >= 0.3 is 5.97 Å². The number of hydrogen-bond donors (Lipinski definition) is 1. The summed E-state index contributed by atoms with van der Waals surface area (Å²) in [5, 5.41) is 8.63. The largest absolute Gasteiger partial charge is 0.478 e. The first-order valence-electron chi connectivity index (χ1n) is 5.34. The normalized spacial score (nSPS) is 35.8. The molecule has 1 unspecified atom stereocenters. The Balaban J connectivity index is 1.95. The maximum atomic E-state index is 10.5. The van der Waals surface area contributed by atoms with Gasteiger partial charge < -0.3 is 14.6 Å². The van der Waals surface area contributed by atoms with E-state index >= 15 is 0 Å². The molecule has 2 rings (SSSR count). The highest BCUT2D eigenvalue weighted by Crippen LogP contribution is 2.39. The fraction of sp³-hybridized carbons (Fsp3) is 0.727. The van der Waals surface area contributed by atoms with Crippen LogP contribution in [0.15, 0.2) is 11.6 Å². The van der Waals surface area contributed by atoms with Crippen molar-refractivity contribution in [3.63, 3.8) is 0 Å². The van der Waals surface area contributed by atoms with E-state index in [2.05, 4.69) is 0 Å². The van der Waals surface area contributed by atoms with Gasteiger partial charge in [0.15, 0.2) is 5.79 Å². The quantitative estimate of drug-likeness (QED) is 0.672. The topological polar surface area (TPSA) is 55.8 Å². The Bertz CT molecular complexity index is 285. The minimum Gasteiger partial charge on any atom is -0.478 e. The van der Waals surface area contributed by atoms with E-state index in [0.29, 0.717) is 6.61 Å². The molecule has 1 N–H and O–H groups in total. The number of aliphatic carboxylic acids is 1. The van der Waals surface area contributed by atoms with Crippen molar-refractivity contribution >= 4 is 5.97 Å². The molecular formula is C11H16O4. The summed E-state index contributed by atoms with van der Waals surface area (Å²) in [7, 11) is 0. The first-order valence-corrected chi connectivity index (χ1v) is 5.34. The van der Waals surface area contributed by atoms with Gasteiger partial charge in [-0.2, -0.15) is 0 Å². The lowest BCUT2D eigenvalue weighted by atomic mass is 9.89. The highest BCUT2D eigenvalue weighted by molar-refractivity contribution is 5.80. The lowest BCUT2D eigenvalue weighted by Gasteiger charge is -2.32. The fourth-order valence-corrected chi connectivity index (χ4v) is 2.24. The highest BCUT2D eigenvalue weighted by atomic mass is 16.7. The molecule has 0 aromatic carbocycles. The van der Waals surface area contributed by atoms with Crippen LogP contribution in [0.4, 0.5) is 0 Å². The van der Waals surface area contributed by atoms with Gasteiger partial charge in [-0.25, -0.2) is 4.79 Å². The third kappa shape index (κ3) is 2.38. The molecule has 84 valence electrons. The molecule has 1 spiro atoms. The Morgan fingerprint density at radius 3 is 2.67 bits per heavy atom. The molecular weight excluding hydrogens is 196 g/mol. The highest BCUT2D eigenvalue weighted by Gasteiger charge is 2.41. The maximum Gasteiger partial charge on any atom is 0.328 e. The van der Waals surface area contributed by atoms with Crippen molar-refractivity contribution in [3.05, 3.63) is 11.6 Å². The van der Waals surface area contributed by atoms with Crippen LogP contribution in [0.25, 0.3) is 0 Å². The van der Waals surface area contributed by atoms with Crippen LogP contribution >= 0.6 is 0 Å². The number of allylic oxidation sites excluding steroid dienone is 1. The first-order chi connectivity index (χ1) is 7.10. The summed E-state index contributed by atoms with van der Waals surface area (Å²) < 4.78 is 11.4. The van der Waals surface area contributed by atoms with Gasteiger partial charge in [0.25, 0.3) is 0 Å². The van der Waals surface area contributed by atoms with Crippen molar-refractivity contribution in [1.82, 2.24) is 0 Å². The second-order valence-corrected chi connectivity index (χ2v) is 4.29. The molecule has 4 nitrogen and oxygen atoms in total. The minimum absolute atomic E-state index is 0.162. The Morgan fingerprint density at radius 2 is 2.20 bits per heavy atom. The Morgan fingerprint density at radius 1 is 1.53 bits per heavy atom. The van der Waals surface area contributed by atoms with Gasteiger partial charge in [0.05, 0.1) is 12.7 Å². The van der Waals surface area contributed by atoms with Crippen LogP contribution < -0.4 is 0 Å². The second kappa shape index (κ2) is 3.94. The van der Waals surface area contributed by atoms with E-state index in [1.54, 1.807) is 0 Å². The van der Waals surface area contributed by atoms with E-state index in [4.69, 9.17) is 14.6 Å². The molecule has 0 amide bonds. The summed E-state index contributed by atoms with van der Waals surface area (Å²) in [4.78, 5) is 10.5. The molecule has 0 bridgehead atoms. The minimum atomic E-state index is -0.859. The molecule has 2 fully saturated rings. The third-order valence-corrected chi connectivity index (χ3v) is 2.98. The van der Waals surface area contributed by atoms with E-state index in [-0.39, 0.29) is 6.10 Å². The molecule has 0 aromatic rings. The van der Waals surface area contributed by atoms with E-state index in [0.717, 1.165) is 31.3 Å². The SMILES string of the molecule is CC1COC2(CCC(=CC(=O)O)CC2)O1. The van der Waals surface area contributed by atoms with Crippen LogP contribution in [0, 0.1) is 0 Å². The van der Waals surface area contributed by atoms with Crippen molar-refractivity contribution < 1.29 is 19.4 Å². The molecule has 15 heavy (non-hydrogen) atoms. The summed E-state index contributed by atoms with van der Waals surface area (Å²) in [6.45, 7) is 2.65. The predicted octanol–water partition coefficient (Wildman–Crippen LogP) is 1.70. The Labute approximate surface area is 88.9 Å². The molecule has 1 saturated heterocycles. The van der Waals surface area contributed by atoms with Crippen molar-refractivity contribution in [1.29, 1.82) is 0 Å². The number of ether oxygens (including phenoxy) is 2. The van der Waals surface area contributed by atoms with Crippen molar-refractivity contribution in [2.24, 2.45) is 0 Å². The number of rotatable bonds is 1. The van der Waals surface area contributed by atoms with Crippen molar-refractivity contribution in [3.8, 4) is 0 Å². The number of carboxylic acids is 1. The average Bonchev–Trinajstić information content (AvgIpc) is 2.52. The molecule has 2 aliphatic rings. The zero-order valence-corrected chi connectivity index (χ0v) is 8.86. The molecule has 0 radical (unpaired) electrons. The second-order valence-electron chi connectivity index (χ2n) is 4.29. The molecule has 4 heteroatoms. The lowest BCUT2D eigenvalue weighted by molar-refractivity contribution is -0.180. The smallest absolute Gasteiger partial charge is 0.328 e. The maximum absolute atomic E-state index is 10.5. The number of carboxylic acid groups (broad SMARTS) is 1. The van der Waals surface area contributed by atoms with Crippen LogP contribution in [-0.2, 0) is 14.3 Å². The summed E-state index contributed by atoms with van der Waals surface area (Å²) in [5.74, 6) is -1.28. The van der Waals surface area contributed by atoms with Crippen LogP contribution in [0.1, 0.15) is 32.6 Å². The van der Waals surface area contributed by atoms with Crippen molar-refractivity contribution in [2.75, 3.05) is 6.61 Å². The van der Waals surface area contributed by atoms with Gasteiger partial charge in [-0.1, -0.05) is 5.57 Å². The van der Waals surface area contributed by atoms with Gasteiger partial charge in [0, 0.05) is 18.9 Å². The summed E-state index contributed by atoms with van der Waals surface area (Å²) in [5.41, 5.74) is 0.986. The molecule has 1 heterocycles. The van der Waals surface area contributed by atoms with Gasteiger partial charge in [-0.15, -0.1) is 0 Å². The number of hydrogen-bond acceptors (Lipinski definition) is 3. The summed E-state index contributed by atoms with van der Waals surface area (Å²) in [6.07, 6.45) is 4.55. The predicted molar refractivity (Wildman–Crippen MR) is 53.4 cm³/mol. The van der Waals surface area contributed by atoms with E-state index in [1.165, 1.54) is 6.08 Å². The monoisotopic (exact) mass is 212 g/mol. The zero-order valence-electron chi connectivity index (χ0n) is 8.86. The number of carbonyl (C=O) groups is 1. The van der Waals surface area contributed by atoms with Crippen LogP contribution in [0.2, 0.25) is 0 Å². The zero-order chi connectivity index (χ0) is 10.9. The van der Waals surface area contributed by atoms with Gasteiger partial charge in [0.2, 0.25) is 0 Å². The van der Waals surface area contributed by atoms with Crippen LogP contribution in [0.5, 0.6) is 0 Å². The van der Waals surface area contributed by atoms with Gasteiger partial charge in [0.1, 0.15) is 0 Å². The molecule has 0 aromatic heterocycles. The van der Waals surface area contributed by atoms with E-state index in [1.807, 2.05) is 6.92 Å². The fourth-order valence-electron chi connectivity index (χ4n) is 2.24. The van der Waals surface area contributed by atoms with Crippen LogP contribution in [0.3, 0.4) is 0 Å². The van der Waals surface area contributed by atoms with Gasteiger partial charge in [-0.05, 0) is 19.8 Å². The molecule has 1 saturated carbocycles. The van der Waals surface area contributed by atoms with E-state index < -0.39 is 11.8 Å². The molecule has 1 aliphatic carbocycles. The summed E-state index contributed by atoms with van der Waals surface area (Å²) in [6, 6.07) is 0. The third-order valence-electron chi connectivity index (χ3n) is 2.98. The average molecular weight is 212 g/mol.